The summed E-state index contributed by atoms with van der Waals surface area (Å²) in [7, 11) is 5.31. The maximum atomic E-state index is 12.1. The summed E-state index contributed by atoms with van der Waals surface area (Å²) in [5.41, 5.74) is 2.02. The van der Waals surface area contributed by atoms with Crippen LogP contribution >= 0.6 is 0 Å². The Labute approximate surface area is 129 Å². The van der Waals surface area contributed by atoms with Crippen LogP contribution in [-0.2, 0) is 16.6 Å². The van der Waals surface area contributed by atoms with E-state index in [0.717, 1.165) is 5.52 Å². The molecule has 1 amide bonds. The van der Waals surface area contributed by atoms with Crippen LogP contribution < -0.4 is 0 Å². The molecule has 0 saturated heterocycles. The third kappa shape index (κ3) is 2.81. The number of esters is 1. The van der Waals surface area contributed by atoms with Crippen molar-refractivity contribution in [3.8, 4) is 0 Å². The summed E-state index contributed by atoms with van der Waals surface area (Å²) >= 11 is 0. The fourth-order valence-corrected chi connectivity index (χ4v) is 2.44. The van der Waals surface area contributed by atoms with Crippen LogP contribution in [0.4, 0.5) is 0 Å². The van der Waals surface area contributed by atoms with Gasteiger partial charge in [0.1, 0.15) is 5.82 Å². The zero-order chi connectivity index (χ0) is 16.4. The monoisotopic (exact) mass is 303 g/mol. The quantitative estimate of drug-likeness (QED) is 0.810. The molecule has 6 heteroatoms. The Morgan fingerprint density at radius 2 is 2.05 bits per heavy atom. The smallest absolute Gasteiger partial charge is 0.338 e. The van der Waals surface area contributed by atoms with E-state index in [1.54, 1.807) is 38.1 Å². The summed E-state index contributed by atoms with van der Waals surface area (Å²) in [6.07, 6.45) is 0. The molecule has 118 valence electrons. The summed E-state index contributed by atoms with van der Waals surface area (Å²) in [6, 6.07) is 5.23. The topological polar surface area (TPSA) is 64.4 Å². The van der Waals surface area contributed by atoms with Gasteiger partial charge in [0.25, 0.3) is 0 Å². The van der Waals surface area contributed by atoms with Crippen LogP contribution in [0.5, 0.6) is 0 Å². The summed E-state index contributed by atoms with van der Waals surface area (Å²) in [6.45, 7) is 3.93. The highest BCUT2D eigenvalue weighted by Gasteiger charge is 2.23. The Morgan fingerprint density at radius 3 is 2.64 bits per heavy atom. The predicted molar refractivity (Wildman–Crippen MR) is 83.8 cm³/mol. The molecule has 1 unspecified atom stereocenters. The van der Waals surface area contributed by atoms with Gasteiger partial charge in [0.05, 0.1) is 29.1 Å². The number of rotatable bonds is 4. The lowest BCUT2D eigenvalue weighted by molar-refractivity contribution is -0.130. The fourth-order valence-electron chi connectivity index (χ4n) is 2.44. The highest BCUT2D eigenvalue weighted by atomic mass is 16.5. The number of carbonyl (C=O) groups excluding carboxylic acids is 2. The normalized spacial score (nSPS) is 12.2. The second-order valence-electron chi connectivity index (χ2n) is 5.41. The average Bonchev–Trinajstić information content (AvgIpc) is 2.82. The Balaban J connectivity index is 2.45. The molecule has 0 aliphatic carbocycles. The summed E-state index contributed by atoms with van der Waals surface area (Å²) < 4.78 is 6.88. The van der Waals surface area contributed by atoms with Crippen LogP contribution in [0.2, 0.25) is 0 Å². The maximum absolute atomic E-state index is 12.1. The van der Waals surface area contributed by atoms with Gasteiger partial charge in [-0.2, -0.15) is 0 Å². The van der Waals surface area contributed by atoms with Gasteiger partial charge in [-0.25, -0.2) is 9.78 Å². The lowest BCUT2D eigenvalue weighted by Gasteiger charge is -2.16. The number of ether oxygens (including phenoxy) is 1. The molecule has 0 fully saturated rings. The van der Waals surface area contributed by atoms with Crippen LogP contribution in [0.25, 0.3) is 11.0 Å². The third-order valence-corrected chi connectivity index (χ3v) is 3.63. The molecule has 1 aromatic carbocycles. The Morgan fingerprint density at radius 1 is 1.36 bits per heavy atom. The Bertz CT molecular complexity index is 719. The van der Waals surface area contributed by atoms with E-state index in [4.69, 9.17) is 4.74 Å². The molecule has 2 rings (SSSR count). The standard InChI is InChI=1S/C16H21N3O3/c1-6-22-16(21)11-7-8-13-12(9-11)17-14(19(13)5)10(2)15(20)18(3)4/h7-10H,6H2,1-5H3. The van der Waals surface area contributed by atoms with E-state index in [2.05, 4.69) is 4.98 Å². The van der Waals surface area contributed by atoms with Crippen LogP contribution in [-0.4, -0.2) is 47.0 Å². The van der Waals surface area contributed by atoms with Crippen molar-refractivity contribution in [2.45, 2.75) is 19.8 Å². The largest absolute Gasteiger partial charge is 0.462 e. The number of aryl methyl sites for hydroxylation is 1. The Hall–Kier alpha value is -2.37. The van der Waals surface area contributed by atoms with Crippen LogP contribution in [0.3, 0.4) is 0 Å². The summed E-state index contributed by atoms with van der Waals surface area (Å²) in [5.74, 6) is -0.0498. The number of hydrogen-bond acceptors (Lipinski definition) is 4. The number of carbonyl (C=O) groups is 2. The number of fused-ring (bicyclic) bond motifs is 1. The van der Waals surface area contributed by atoms with Crippen molar-refractivity contribution in [1.29, 1.82) is 0 Å². The van der Waals surface area contributed by atoms with Crippen molar-refractivity contribution in [2.24, 2.45) is 7.05 Å². The van der Waals surface area contributed by atoms with Crippen LogP contribution in [0, 0.1) is 0 Å². The van der Waals surface area contributed by atoms with Gasteiger partial charge in [0, 0.05) is 21.1 Å². The molecular formula is C16H21N3O3. The Kier molecular flexibility index (Phi) is 4.49. The first kappa shape index (κ1) is 16.0. The SMILES string of the molecule is CCOC(=O)c1ccc2c(c1)nc(C(C)C(=O)N(C)C)n2C. The number of imidazole rings is 1. The molecule has 1 heterocycles. The molecule has 0 radical (unpaired) electrons. The molecule has 22 heavy (non-hydrogen) atoms. The molecule has 0 bridgehead atoms. The predicted octanol–water partition coefficient (Wildman–Crippen LogP) is 1.94. The summed E-state index contributed by atoms with van der Waals surface area (Å²) in [4.78, 5) is 30.0. The number of benzene rings is 1. The summed E-state index contributed by atoms with van der Waals surface area (Å²) in [5, 5.41) is 0. The second-order valence-corrected chi connectivity index (χ2v) is 5.41. The zero-order valence-corrected chi connectivity index (χ0v) is 13.6. The number of aromatic nitrogens is 2. The van der Waals surface area contributed by atoms with Crippen molar-refractivity contribution in [3.63, 3.8) is 0 Å². The van der Waals surface area contributed by atoms with Gasteiger partial charge in [0.15, 0.2) is 0 Å². The maximum Gasteiger partial charge on any atom is 0.338 e. The van der Waals surface area contributed by atoms with Crippen LogP contribution in [0.15, 0.2) is 18.2 Å². The van der Waals surface area contributed by atoms with E-state index in [0.29, 0.717) is 23.5 Å². The minimum absolute atomic E-state index is 0.0102. The zero-order valence-electron chi connectivity index (χ0n) is 13.6. The molecule has 0 spiro atoms. The van der Waals surface area contributed by atoms with Crippen molar-refractivity contribution in [1.82, 2.24) is 14.5 Å². The van der Waals surface area contributed by atoms with Crippen LogP contribution in [0.1, 0.15) is 35.9 Å². The molecule has 1 atom stereocenters. The van der Waals surface area contributed by atoms with E-state index in [9.17, 15) is 9.59 Å². The van der Waals surface area contributed by atoms with Crippen molar-refractivity contribution < 1.29 is 14.3 Å². The first-order chi connectivity index (χ1) is 10.4. The minimum Gasteiger partial charge on any atom is -0.462 e. The minimum atomic E-state index is -0.367. The van der Waals surface area contributed by atoms with Gasteiger partial charge >= 0.3 is 5.97 Å². The van der Waals surface area contributed by atoms with Gasteiger partial charge in [-0.3, -0.25) is 4.79 Å². The number of nitrogens with zero attached hydrogens (tertiary/aromatic N) is 3. The number of hydrogen-bond donors (Lipinski definition) is 0. The third-order valence-electron chi connectivity index (χ3n) is 3.63. The molecule has 6 nitrogen and oxygen atoms in total. The lowest BCUT2D eigenvalue weighted by Crippen LogP contribution is -2.28. The first-order valence-electron chi connectivity index (χ1n) is 7.21. The molecular weight excluding hydrogens is 282 g/mol. The van der Waals surface area contributed by atoms with Crippen molar-refractivity contribution in [3.05, 3.63) is 29.6 Å². The molecule has 1 aromatic heterocycles. The van der Waals surface area contributed by atoms with E-state index in [1.807, 2.05) is 24.6 Å². The van der Waals surface area contributed by atoms with E-state index in [-0.39, 0.29) is 17.8 Å². The molecule has 0 aliphatic rings. The molecule has 2 aromatic rings. The molecule has 0 N–H and O–H groups in total. The van der Waals surface area contributed by atoms with Gasteiger partial charge in [-0.05, 0) is 32.0 Å². The second kappa shape index (κ2) is 6.17. The van der Waals surface area contributed by atoms with Gasteiger partial charge in [0.2, 0.25) is 5.91 Å². The van der Waals surface area contributed by atoms with Gasteiger partial charge < -0.3 is 14.2 Å². The number of amides is 1. The highest BCUT2D eigenvalue weighted by Crippen LogP contribution is 2.23. The molecule has 0 aliphatic heterocycles. The van der Waals surface area contributed by atoms with E-state index < -0.39 is 0 Å². The lowest BCUT2D eigenvalue weighted by atomic mass is 10.1. The van der Waals surface area contributed by atoms with Gasteiger partial charge in [-0.1, -0.05) is 0 Å². The highest BCUT2D eigenvalue weighted by molar-refractivity contribution is 5.94. The first-order valence-corrected chi connectivity index (χ1v) is 7.21. The molecule has 0 saturated carbocycles. The van der Waals surface area contributed by atoms with Gasteiger partial charge in [-0.15, -0.1) is 0 Å². The van der Waals surface area contributed by atoms with Crippen molar-refractivity contribution in [2.75, 3.05) is 20.7 Å². The van der Waals surface area contributed by atoms with Crippen molar-refractivity contribution >= 4 is 22.9 Å². The van der Waals surface area contributed by atoms with E-state index in [1.165, 1.54) is 0 Å². The average molecular weight is 303 g/mol. The number of likely N-dealkylation sites (N-methyl/N-ethyl adjacent to an activating group) is 1. The fraction of sp³-hybridized carbons (Fsp3) is 0.438. The van der Waals surface area contributed by atoms with E-state index >= 15 is 0 Å².